The van der Waals surface area contributed by atoms with E-state index in [1.807, 2.05) is 25.1 Å². The third kappa shape index (κ3) is 4.02. The summed E-state index contributed by atoms with van der Waals surface area (Å²) in [6.07, 6.45) is 0. The minimum atomic E-state index is -0.223. The van der Waals surface area contributed by atoms with Gasteiger partial charge >= 0.3 is 0 Å². The van der Waals surface area contributed by atoms with E-state index >= 15 is 0 Å². The lowest BCUT2D eigenvalue weighted by Crippen LogP contribution is -2.19. The van der Waals surface area contributed by atoms with Gasteiger partial charge in [0.15, 0.2) is 0 Å². The van der Waals surface area contributed by atoms with E-state index in [0.717, 1.165) is 15.7 Å². The quantitative estimate of drug-likeness (QED) is 0.657. The second-order valence-electron chi connectivity index (χ2n) is 4.95. The van der Waals surface area contributed by atoms with Crippen LogP contribution in [0.2, 0.25) is 0 Å². The zero-order chi connectivity index (χ0) is 15.4. The normalized spacial score (nSPS) is 11.3. The second-order valence-corrected chi connectivity index (χ2v) is 5.86. The van der Waals surface area contributed by atoms with Crippen molar-refractivity contribution >= 4 is 27.5 Å². The van der Waals surface area contributed by atoms with Crippen LogP contribution in [0.1, 0.15) is 34.0 Å². The van der Waals surface area contributed by atoms with E-state index < -0.39 is 0 Å². The van der Waals surface area contributed by atoms with Gasteiger partial charge in [0.1, 0.15) is 0 Å². The van der Waals surface area contributed by atoms with Gasteiger partial charge in [-0.25, -0.2) is 5.43 Å². The molecule has 21 heavy (non-hydrogen) atoms. The van der Waals surface area contributed by atoms with Crippen molar-refractivity contribution in [2.24, 2.45) is 5.10 Å². The van der Waals surface area contributed by atoms with E-state index in [9.17, 15) is 4.79 Å². The summed E-state index contributed by atoms with van der Waals surface area (Å²) in [6.45, 7) is 6.01. The van der Waals surface area contributed by atoms with Gasteiger partial charge in [-0.1, -0.05) is 34.1 Å². The molecule has 0 aromatic heterocycles. The van der Waals surface area contributed by atoms with Crippen molar-refractivity contribution in [1.29, 1.82) is 0 Å². The predicted molar refractivity (Wildman–Crippen MR) is 89.7 cm³/mol. The number of carbonyl (C=O) groups excluding carboxylic acids is 1. The van der Waals surface area contributed by atoms with Crippen molar-refractivity contribution in [3.63, 3.8) is 0 Å². The molecule has 0 heterocycles. The Hall–Kier alpha value is -1.94. The summed E-state index contributed by atoms with van der Waals surface area (Å²) in [5.74, 6) is -0.223. The zero-order valence-electron chi connectivity index (χ0n) is 12.3. The first-order chi connectivity index (χ1) is 9.97. The van der Waals surface area contributed by atoms with Crippen LogP contribution in [0.15, 0.2) is 52.0 Å². The Kier molecular flexibility index (Phi) is 4.91. The summed E-state index contributed by atoms with van der Waals surface area (Å²) < 4.78 is 0.866. The standard InChI is InChI=1S/C17H17BrN2O/c1-11-7-8-14(9-12(11)2)13(3)19-20-17(21)15-5-4-6-16(18)10-15/h4-10H,1-3H3,(H,20,21)/b19-13-. The fourth-order valence-corrected chi connectivity index (χ4v) is 2.26. The molecule has 0 atom stereocenters. The van der Waals surface area contributed by atoms with Crippen LogP contribution in [0.25, 0.3) is 0 Å². The molecule has 0 aliphatic rings. The monoisotopic (exact) mass is 344 g/mol. The third-order valence-electron chi connectivity index (χ3n) is 3.34. The number of carbonyl (C=O) groups is 1. The van der Waals surface area contributed by atoms with Gasteiger partial charge in [-0.2, -0.15) is 5.10 Å². The number of amides is 1. The highest BCUT2D eigenvalue weighted by Crippen LogP contribution is 2.12. The molecule has 0 fully saturated rings. The number of aryl methyl sites for hydroxylation is 2. The topological polar surface area (TPSA) is 41.5 Å². The van der Waals surface area contributed by atoms with Gasteiger partial charge < -0.3 is 0 Å². The van der Waals surface area contributed by atoms with E-state index in [1.165, 1.54) is 11.1 Å². The predicted octanol–water partition coefficient (Wildman–Crippen LogP) is 4.22. The van der Waals surface area contributed by atoms with E-state index in [4.69, 9.17) is 0 Å². The van der Waals surface area contributed by atoms with Gasteiger partial charge in [-0.3, -0.25) is 4.79 Å². The minimum absolute atomic E-state index is 0.223. The van der Waals surface area contributed by atoms with Gasteiger partial charge in [-0.15, -0.1) is 0 Å². The third-order valence-corrected chi connectivity index (χ3v) is 3.83. The summed E-state index contributed by atoms with van der Waals surface area (Å²) in [4.78, 5) is 12.0. The lowest BCUT2D eigenvalue weighted by Gasteiger charge is -2.06. The molecular weight excluding hydrogens is 328 g/mol. The molecule has 0 unspecified atom stereocenters. The maximum Gasteiger partial charge on any atom is 0.271 e. The van der Waals surface area contributed by atoms with Crippen molar-refractivity contribution in [2.75, 3.05) is 0 Å². The number of hydrogen-bond acceptors (Lipinski definition) is 2. The molecule has 2 aromatic rings. The van der Waals surface area contributed by atoms with Crippen LogP contribution in [0.4, 0.5) is 0 Å². The number of hydrogen-bond donors (Lipinski definition) is 1. The zero-order valence-corrected chi connectivity index (χ0v) is 13.9. The van der Waals surface area contributed by atoms with Crippen LogP contribution in [0, 0.1) is 13.8 Å². The van der Waals surface area contributed by atoms with Crippen molar-refractivity contribution < 1.29 is 4.79 Å². The van der Waals surface area contributed by atoms with Gasteiger partial charge in [-0.05, 0) is 61.7 Å². The fraction of sp³-hybridized carbons (Fsp3) is 0.176. The van der Waals surface area contributed by atoms with Gasteiger partial charge in [0, 0.05) is 10.0 Å². The van der Waals surface area contributed by atoms with Crippen LogP contribution in [-0.2, 0) is 0 Å². The first-order valence-corrected chi connectivity index (χ1v) is 7.44. The first kappa shape index (κ1) is 15.4. The maximum atomic E-state index is 12.0. The van der Waals surface area contributed by atoms with Gasteiger partial charge in [0.05, 0.1) is 5.71 Å². The lowest BCUT2D eigenvalue weighted by molar-refractivity contribution is 0.0955. The molecule has 0 spiro atoms. The van der Waals surface area contributed by atoms with Crippen molar-refractivity contribution in [2.45, 2.75) is 20.8 Å². The Morgan fingerprint density at radius 2 is 1.81 bits per heavy atom. The lowest BCUT2D eigenvalue weighted by atomic mass is 10.0. The molecule has 0 bridgehead atoms. The molecule has 0 saturated carbocycles. The Bertz CT molecular complexity index is 708. The molecule has 0 aliphatic heterocycles. The average Bonchev–Trinajstić information content (AvgIpc) is 2.47. The number of nitrogens with zero attached hydrogens (tertiary/aromatic N) is 1. The fourth-order valence-electron chi connectivity index (χ4n) is 1.86. The van der Waals surface area contributed by atoms with E-state index in [1.54, 1.807) is 12.1 Å². The van der Waals surface area contributed by atoms with Crippen LogP contribution < -0.4 is 5.43 Å². The molecule has 2 aromatic carbocycles. The highest BCUT2D eigenvalue weighted by molar-refractivity contribution is 9.10. The molecule has 1 amide bonds. The molecule has 108 valence electrons. The number of benzene rings is 2. The highest BCUT2D eigenvalue weighted by atomic mass is 79.9. The summed E-state index contributed by atoms with van der Waals surface area (Å²) in [5, 5.41) is 4.17. The number of rotatable bonds is 3. The van der Waals surface area contributed by atoms with Gasteiger partial charge in [0.25, 0.3) is 5.91 Å². The Morgan fingerprint density at radius 3 is 2.48 bits per heavy atom. The largest absolute Gasteiger partial charge is 0.271 e. The smallest absolute Gasteiger partial charge is 0.267 e. The van der Waals surface area contributed by atoms with E-state index in [0.29, 0.717) is 5.56 Å². The summed E-state index contributed by atoms with van der Waals surface area (Å²) in [5.41, 5.74) is 7.39. The van der Waals surface area contributed by atoms with E-state index in [-0.39, 0.29) is 5.91 Å². The number of halogens is 1. The molecule has 0 saturated heterocycles. The van der Waals surface area contributed by atoms with Crippen molar-refractivity contribution in [3.05, 3.63) is 69.2 Å². The highest BCUT2D eigenvalue weighted by Gasteiger charge is 2.05. The average molecular weight is 345 g/mol. The molecule has 1 N–H and O–H groups in total. The Labute approximate surface area is 133 Å². The maximum absolute atomic E-state index is 12.0. The van der Waals surface area contributed by atoms with Crippen LogP contribution in [0.5, 0.6) is 0 Å². The summed E-state index contributed by atoms with van der Waals surface area (Å²) >= 11 is 3.35. The molecule has 3 nitrogen and oxygen atoms in total. The van der Waals surface area contributed by atoms with Crippen molar-refractivity contribution in [1.82, 2.24) is 5.43 Å². The molecule has 2 rings (SSSR count). The van der Waals surface area contributed by atoms with Crippen LogP contribution in [0.3, 0.4) is 0 Å². The minimum Gasteiger partial charge on any atom is -0.267 e. The molecule has 0 radical (unpaired) electrons. The Morgan fingerprint density at radius 1 is 1.05 bits per heavy atom. The number of hydrazone groups is 1. The molecular formula is C17H17BrN2O. The number of nitrogens with one attached hydrogen (secondary N) is 1. The summed E-state index contributed by atoms with van der Waals surface area (Å²) in [6, 6.07) is 13.3. The van der Waals surface area contributed by atoms with Gasteiger partial charge in [0.2, 0.25) is 0 Å². The molecule has 0 aliphatic carbocycles. The van der Waals surface area contributed by atoms with Crippen LogP contribution >= 0.6 is 15.9 Å². The first-order valence-electron chi connectivity index (χ1n) is 6.65. The van der Waals surface area contributed by atoms with E-state index in [2.05, 4.69) is 52.4 Å². The Balaban J connectivity index is 2.13. The summed E-state index contributed by atoms with van der Waals surface area (Å²) in [7, 11) is 0. The van der Waals surface area contributed by atoms with Crippen molar-refractivity contribution in [3.8, 4) is 0 Å². The SMILES string of the molecule is C/C(=N/NC(=O)c1cccc(Br)c1)c1ccc(C)c(C)c1. The second kappa shape index (κ2) is 6.68. The van der Waals surface area contributed by atoms with Crippen LogP contribution in [-0.4, -0.2) is 11.6 Å². The molecule has 4 heteroatoms.